The van der Waals surface area contributed by atoms with Crippen LogP contribution >= 0.6 is 0 Å². The third-order valence-corrected chi connectivity index (χ3v) is 6.35. The molecule has 1 N–H and O–H groups in total. The summed E-state index contributed by atoms with van der Waals surface area (Å²) in [7, 11) is 2.25. The number of hydrogen-bond acceptors (Lipinski definition) is 3. The van der Waals surface area contributed by atoms with Crippen LogP contribution in [0.25, 0.3) is 0 Å². The molecule has 1 unspecified atom stereocenters. The van der Waals surface area contributed by atoms with Crippen LogP contribution in [0, 0.1) is 12.8 Å². The van der Waals surface area contributed by atoms with Crippen molar-refractivity contribution in [3.63, 3.8) is 0 Å². The summed E-state index contributed by atoms with van der Waals surface area (Å²) in [5.41, 5.74) is 8.52. The Balaban J connectivity index is 1.65. The van der Waals surface area contributed by atoms with Crippen LogP contribution in [-0.4, -0.2) is 31.6 Å². The molecule has 25 heavy (non-hydrogen) atoms. The molecule has 1 fully saturated rings. The van der Waals surface area contributed by atoms with Crippen molar-refractivity contribution in [2.24, 2.45) is 5.92 Å². The number of fused-ring (bicyclic) bond motifs is 2. The zero-order valence-corrected chi connectivity index (χ0v) is 15.3. The SMILES string of the molecule is Cc1ccc2c(c1)NC(C1CCN(C)CC1)c1cccc3c1N2CC3. The number of hydrogen-bond donors (Lipinski definition) is 1. The molecule has 5 rings (SSSR count). The molecule has 0 spiro atoms. The number of anilines is 3. The lowest BCUT2D eigenvalue weighted by atomic mass is 9.84. The van der Waals surface area contributed by atoms with Gasteiger partial charge >= 0.3 is 0 Å². The highest BCUT2D eigenvalue weighted by Crippen LogP contribution is 2.49. The molecule has 0 bridgehead atoms. The number of aryl methyl sites for hydroxylation is 1. The number of benzene rings is 2. The largest absolute Gasteiger partial charge is 0.376 e. The average Bonchev–Trinajstić information content (AvgIpc) is 2.99. The van der Waals surface area contributed by atoms with Gasteiger partial charge in [0.1, 0.15) is 0 Å². The molecule has 0 amide bonds. The van der Waals surface area contributed by atoms with Gasteiger partial charge in [0.2, 0.25) is 0 Å². The zero-order valence-electron chi connectivity index (χ0n) is 15.3. The van der Waals surface area contributed by atoms with Gasteiger partial charge in [0.05, 0.1) is 17.4 Å². The lowest BCUT2D eigenvalue weighted by Crippen LogP contribution is -2.34. The first-order chi connectivity index (χ1) is 12.2. The van der Waals surface area contributed by atoms with Crippen LogP contribution in [0.1, 0.15) is 35.6 Å². The van der Waals surface area contributed by atoms with Crippen molar-refractivity contribution in [3.05, 3.63) is 53.1 Å². The Bertz CT molecular complexity index is 805. The van der Waals surface area contributed by atoms with Gasteiger partial charge in [-0.05, 0) is 81.1 Å². The molecule has 3 aliphatic rings. The maximum Gasteiger partial charge on any atom is 0.0647 e. The first-order valence-corrected chi connectivity index (χ1v) is 9.66. The fourth-order valence-corrected chi connectivity index (χ4v) is 4.96. The number of likely N-dealkylation sites (tertiary alicyclic amines) is 1. The minimum atomic E-state index is 0.423. The smallest absolute Gasteiger partial charge is 0.0647 e. The van der Waals surface area contributed by atoms with E-state index in [1.54, 1.807) is 0 Å². The van der Waals surface area contributed by atoms with Crippen molar-refractivity contribution in [1.29, 1.82) is 0 Å². The first kappa shape index (κ1) is 15.3. The molecule has 3 heterocycles. The van der Waals surface area contributed by atoms with Crippen molar-refractivity contribution < 1.29 is 0 Å². The standard InChI is InChI=1S/C22H27N3/c1-15-6-7-20-19(14-15)23-21(16-8-11-24(2)12-9-16)18-5-3-4-17-10-13-25(20)22(17)18/h3-7,14,16,21,23H,8-13H2,1-2H3. The summed E-state index contributed by atoms with van der Waals surface area (Å²) in [6, 6.07) is 14.3. The third kappa shape index (κ3) is 2.44. The fourth-order valence-electron chi connectivity index (χ4n) is 4.96. The highest BCUT2D eigenvalue weighted by atomic mass is 15.2. The molecule has 3 heteroatoms. The van der Waals surface area contributed by atoms with E-state index in [1.807, 2.05) is 0 Å². The van der Waals surface area contributed by atoms with Gasteiger partial charge in [0.15, 0.2) is 0 Å². The van der Waals surface area contributed by atoms with Crippen LogP contribution in [0.15, 0.2) is 36.4 Å². The maximum absolute atomic E-state index is 3.97. The van der Waals surface area contributed by atoms with Crippen LogP contribution in [0.5, 0.6) is 0 Å². The van der Waals surface area contributed by atoms with Gasteiger partial charge in [-0.15, -0.1) is 0 Å². The van der Waals surface area contributed by atoms with Crippen molar-refractivity contribution in [1.82, 2.24) is 4.90 Å². The molecule has 2 aromatic carbocycles. The molecule has 0 aromatic heterocycles. The van der Waals surface area contributed by atoms with Crippen molar-refractivity contribution in [3.8, 4) is 0 Å². The summed E-state index contributed by atoms with van der Waals surface area (Å²) >= 11 is 0. The molecular formula is C22H27N3. The highest BCUT2D eigenvalue weighted by molar-refractivity contribution is 5.84. The minimum Gasteiger partial charge on any atom is -0.376 e. The number of nitrogens with zero attached hydrogens (tertiary/aromatic N) is 2. The van der Waals surface area contributed by atoms with E-state index < -0.39 is 0 Å². The fraction of sp³-hybridized carbons (Fsp3) is 0.455. The highest BCUT2D eigenvalue weighted by Gasteiger charge is 2.35. The number of para-hydroxylation sites is 1. The Kier molecular flexibility index (Phi) is 3.53. The Morgan fingerprint density at radius 2 is 1.88 bits per heavy atom. The molecule has 1 saturated heterocycles. The summed E-state index contributed by atoms with van der Waals surface area (Å²) in [5, 5.41) is 3.97. The molecule has 0 radical (unpaired) electrons. The van der Waals surface area contributed by atoms with E-state index in [9.17, 15) is 0 Å². The van der Waals surface area contributed by atoms with E-state index in [-0.39, 0.29) is 0 Å². The molecular weight excluding hydrogens is 306 g/mol. The normalized spacial score (nSPS) is 23.0. The van der Waals surface area contributed by atoms with Crippen LogP contribution in [0.4, 0.5) is 17.1 Å². The maximum atomic E-state index is 3.97. The van der Waals surface area contributed by atoms with Gasteiger partial charge < -0.3 is 15.1 Å². The number of nitrogens with one attached hydrogen (secondary N) is 1. The quantitative estimate of drug-likeness (QED) is 0.829. The topological polar surface area (TPSA) is 18.5 Å². The molecule has 1 atom stereocenters. The predicted molar refractivity (Wildman–Crippen MR) is 105 cm³/mol. The summed E-state index contributed by atoms with van der Waals surface area (Å²) in [6.45, 7) is 5.72. The second-order valence-electron chi connectivity index (χ2n) is 8.04. The Labute approximate surface area is 150 Å². The summed E-state index contributed by atoms with van der Waals surface area (Å²) in [4.78, 5) is 5.02. The van der Waals surface area contributed by atoms with Gasteiger partial charge in [0, 0.05) is 12.2 Å². The monoisotopic (exact) mass is 333 g/mol. The second kappa shape index (κ2) is 5.77. The minimum absolute atomic E-state index is 0.423. The average molecular weight is 333 g/mol. The predicted octanol–water partition coefficient (Wildman–Crippen LogP) is 4.50. The Hall–Kier alpha value is -2.00. The van der Waals surface area contributed by atoms with Gasteiger partial charge in [-0.25, -0.2) is 0 Å². The van der Waals surface area contributed by atoms with Crippen molar-refractivity contribution >= 4 is 17.1 Å². The molecule has 0 aliphatic carbocycles. The van der Waals surface area contributed by atoms with E-state index in [1.165, 1.54) is 59.7 Å². The van der Waals surface area contributed by atoms with Crippen LogP contribution in [0.2, 0.25) is 0 Å². The van der Waals surface area contributed by atoms with E-state index in [0.29, 0.717) is 12.0 Å². The summed E-state index contributed by atoms with van der Waals surface area (Å²) < 4.78 is 0. The van der Waals surface area contributed by atoms with Crippen LogP contribution in [0.3, 0.4) is 0 Å². The first-order valence-electron chi connectivity index (χ1n) is 9.66. The van der Waals surface area contributed by atoms with Crippen LogP contribution < -0.4 is 10.2 Å². The van der Waals surface area contributed by atoms with E-state index in [4.69, 9.17) is 0 Å². The van der Waals surface area contributed by atoms with E-state index >= 15 is 0 Å². The molecule has 0 saturated carbocycles. The molecule has 2 aromatic rings. The van der Waals surface area contributed by atoms with Gasteiger partial charge in [0.25, 0.3) is 0 Å². The van der Waals surface area contributed by atoms with Crippen molar-refractivity contribution in [2.45, 2.75) is 32.2 Å². The Morgan fingerprint density at radius 1 is 1.04 bits per heavy atom. The number of piperidine rings is 1. The van der Waals surface area contributed by atoms with E-state index in [0.717, 1.165) is 13.0 Å². The summed E-state index contributed by atoms with van der Waals surface area (Å²) in [5.74, 6) is 0.705. The molecule has 130 valence electrons. The van der Waals surface area contributed by atoms with Gasteiger partial charge in [-0.1, -0.05) is 24.3 Å². The van der Waals surface area contributed by atoms with Crippen molar-refractivity contribution in [2.75, 3.05) is 36.9 Å². The number of rotatable bonds is 1. The lowest BCUT2D eigenvalue weighted by molar-refractivity contribution is 0.205. The third-order valence-electron chi connectivity index (χ3n) is 6.35. The lowest BCUT2D eigenvalue weighted by Gasteiger charge is -2.35. The zero-order chi connectivity index (χ0) is 17.0. The van der Waals surface area contributed by atoms with Gasteiger partial charge in [-0.3, -0.25) is 0 Å². The summed E-state index contributed by atoms with van der Waals surface area (Å²) in [6.07, 6.45) is 3.72. The molecule has 3 aliphatic heterocycles. The Morgan fingerprint density at radius 3 is 2.72 bits per heavy atom. The van der Waals surface area contributed by atoms with Gasteiger partial charge in [-0.2, -0.15) is 0 Å². The second-order valence-corrected chi connectivity index (χ2v) is 8.04. The van der Waals surface area contributed by atoms with E-state index in [2.05, 4.69) is 65.5 Å². The molecule has 3 nitrogen and oxygen atoms in total. The van der Waals surface area contributed by atoms with Crippen LogP contribution in [-0.2, 0) is 6.42 Å².